The van der Waals surface area contributed by atoms with Gasteiger partial charge in [0.25, 0.3) is 11.8 Å². The lowest BCUT2D eigenvalue weighted by molar-refractivity contribution is -0.126. The highest BCUT2D eigenvalue weighted by Gasteiger charge is 2.35. The summed E-state index contributed by atoms with van der Waals surface area (Å²) < 4.78 is 9.24. The van der Waals surface area contributed by atoms with E-state index in [4.69, 9.17) is 16.2 Å². The molecular formula is C26H31N5O4S. The zero-order valence-electron chi connectivity index (χ0n) is 20.6. The van der Waals surface area contributed by atoms with Crippen LogP contribution < -0.4 is 21.5 Å². The van der Waals surface area contributed by atoms with Crippen LogP contribution in [0.2, 0.25) is 0 Å². The van der Waals surface area contributed by atoms with Crippen molar-refractivity contribution >= 4 is 34.9 Å². The molecule has 1 aromatic heterocycles. The summed E-state index contributed by atoms with van der Waals surface area (Å²) in [6.45, 7) is 4.73. The second-order valence-corrected chi connectivity index (χ2v) is 9.48. The predicted octanol–water partition coefficient (Wildman–Crippen LogP) is 3.38. The van der Waals surface area contributed by atoms with Gasteiger partial charge in [0.05, 0.1) is 12.8 Å². The van der Waals surface area contributed by atoms with E-state index in [1.807, 2.05) is 30.3 Å². The molecule has 2 aromatic carbocycles. The molecule has 0 aliphatic heterocycles. The van der Waals surface area contributed by atoms with Gasteiger partial charge in [-0.15, -0.1) is 0 Å². The topological polar surface area (TPSA) is 141 Å². The first-order valence-corrected chi connectivity index (χ1v) is 12.3. The molecule has 0 saturated carbocycles. The number of hydrogen-bond acceptors (Lipinski definition) is 7. The normalized spacial score (nSPS) is 11.7. The second kappa shape index (κ2) is 12.2. The van der Waals surface area contributed by atoms with Gasteiger partial charge in [0, 0.05) is 13.1 Å². The summed E-state index contributed by atoms with van der Waals surface area (Å²) in [7, 11) is 1.55. The smallest absolute Gasteiger partial charge is 0.270 e. The van der Waals surface area contributed by atoms with Gasteiger partial charge >= 0.3 is 0 Å². The van der Waals surface area contributed by atoms with E-state index in [1.54, 1.807) is 31.4 Å². The molecule has 0 unspecified atom stereocenters. The molecule has 190 valence electrons. The van der Waals surface area contributed by atoms with E-state index in [1.165, 1.54) is 4.90 Å². The van der Waals surface area contributed by atoms with Crippen molar-refractivity contribution in [3.63, 3.8) is 0 Å². The lowest BCUT2D eigenvalue weighted by atomic mass is 10.0. The van der Waals surface area contributed by atoms with Gasteiger partial charge < -0.3 is 26.4 Å². The largest absolute Gasteiger partial charge is 0.497 e. The van der Waals surface area contributed by atoms with Crippen LogP contribution in [-0.2, 0) is 11.3 Å². The number of nitrogen functional groups attached to an aromatic ring is 1. The first-order chi connectivity index (χ1) is 17.2. The SMILES string of the molecule is COc1ccc([C@H](C(=O)NCCC(C)C)N(Cc2ccccc2)C(=O)c2snc(C(N)=O)c2N)cc1. The Kier molecular flexibility index (Phi) is 9.02. The van der Waals surface area contributed by atoms with Crippen molar-refractivity contribution in [2.45, 2.75) is 32.9 Å². The molecule has 0 bridgehead atoms. The van der Waals surface area contributed by atoms with Crippen LogP contribution in [0.5, 0.6) is 5.75 Å². The van der Waals surface area contributed by atoms with Gasteiger partial charge in [0.15, 0.2) is 5.69 Å². The van der Waals surface area contributed by atoms with E-state index >= 15 is 0 Å². The van der Waals surface area contributed by atoms with Crippen molar-refractivity contribution in [3.05, 3.63) is 76.3 Å². The highest BCUT2D eigenvalue weighted by molar-refractivity contribution is 7.09. The molecule has 9 nitrogen and oxygen atoms in total. The third kappa shape index (κ3) is 6.39. The first-order valence-electron chi connectivity index (χ1n) is 11.5. The van der Waals surface area contributed by atoms with Crippen LogP contribution in [0.4, 0.5) is 5.69 Å². The van der Waals surface area contributed by atoms with E-state index in [-0.39, 0.29) is 28.7 Å². The maximum Gasteiger partial charge on any atom is 0.270 e. The zero-order valence-corrected chi connectivity index (χ0v) is 21.4. The van der Waals surface area contributed by atoms with Gasteiger partial charge in [-0.2, -0.15) is 4.37 Å². The van der Waals surface area contributed by atoms with Crippen LogP contribution >= 0.6 is 11.5 Å². The fourth-order valence-electron chi connectivity index (χ4n) is 3.66. The molecule has 3 rings (SSSR count). The summed E-state index contributed by atoms with van der Waals surface area (Å²) in [5.74, 6) is -0.660. The van der Waals surface area contributed by atoms with Gasteiger partial charge in [0.1, 0.15) is 16.7 Å². The molecule has 0 fully saturated rings. The van der Waals surface area contributed by atoms with Crippen LogP contribution in [0.3, 0.4) is 0 Å². The number of carbonyl (C=O) groups excluding carboxylic acids is 3. The van der Waals surface area contributed by atoms with Gasteiger partial charge in [-0.05, 0) is 47.1 Å². The van der Waals surface area contributed by atoms with Crippen molar-refractivity contribution in [1.82, 2.24) is 14.6 Å². The van der Waals surface area contributed by atoms with Crippen LogP contribution in [-0.4, -0.2) is 40.6 Å². The van der Waals surface area contributed by atoms with Crippen molar-refractivity contribution in [2.75, 3.05) is 19.4 Å². The Morgan fingerprint density at radius 3 is 2.31 bits per heavy atom. The number of nitrogens with zero attached hydrogens (tertiary/aromatic N) is 2. The Morgan fingerprint density at radius 2 is 1.75 bits per heavy atom. The number of anilines is 1. The third-order valence-electron chi connectivity index (χ3n) is 5.62. The van der Waals surface area contributed by atoms with E-state index in [2.05, 4.69) is 23.5 Å². The fourth-order valence-corrected chi connectivity index (χ4v) is 4.42. The number of ether oxygens (including phenoxy) is 1. The van der Waals surface area contributed by atoms with Crippen molar-refractivity contribution < 1.29 is 19.1 Å². The van der Waals surface area contributed by atoms with Crippen LogP contribution in [0.15, 0.2) is 54.6 Å². The van der Waals surface area contributed by atoms with E-state index in [0.717, 1.165) is 23.5 Å². The molecular weight excluding hydrogens is 478 g/mol. The fraction of sp³-hybridized carbons (Fsp3) is 0.308. The number of rotatable bonds is 11. The number of carbonyl (C=O) groups is 3. The number of hydrogen-bond donors (Lipinski definition) is 3. The Morgan fingerprint density at radius 1 is 1.08 bits per heavy atom. The molecule has 1 heterocycles. The number of nitrogens with one attached hydrogen (secondary N) is 1. The number of primary amides is 1. The average Bonchev–Trinajstić information content (AvgIpc) is 3.25. The second-order valence-electron chi connectivity index (χ2n) is 8.71. The summed E-state index contributed by atoms with van der Waals surface area (Å²) in [6, 6.07) is 15.3. The summed E-state index contributed by atoms with van der Waals surface area (Å²) >= 11 is 0.785. The minimum atomic E-state index is -0.977. The summed E-state index contributed by atoms with van der Waals surface area (Å²) in [5, 5.41) is 2.97. The monoisotopic (exact) mass is 509 g/mol. The molecule has 1 atom stereocenters. The standard InChI is InChI=1S/C26H31N5O4S/c1-16(2)13-14-29-25(33)22(18-9-11-19(35-3)12-10-18)31(15-17-7-5-4-6-8-17)26(34)23-20(27)21(24(28)32)30-36-23/h4-12,16,22H,13-15,27H2,1-3H3,(H2,28,32)(H,29,33)/t22-/m1/s1. The van der Waals surface area contributed by atoms with Crippen molar-refractivity contribution in [3.8, 4) is 5.75 Å². The zero-order chi connectivity index (χ0) is 26.2. The maximum atomic E-state index is 13.9. The lowest BCUT2D eigenvalue weighted by Gasteiger charge is -2.31. The van der Waals surface area contributed by atoms with Gasteiger partial charge in [-0.1, -0.05) is 56.3 Å². The molecule has 10 heteroatoms. The first kappa shape index (κ1) is 26.7. The van der Waals surface area contributed by atoms with E-state index < -0.39 is 17.9 Å². The Labute approximate surface area is 214 Å². The highest BCUT2D eigenvalue weighted by Crippen LogP contribution is 2.31. The number of nitrogens with two attached hydrogens (primary N) is 2. The number of benzene rings is 2. The minimum Gasteiger partial charge on any atom is -0.497 e. The predicted molar refractivity (Wildman–Crippen MR) is 140 cm³/mol. The molecule has 0 aliphatic carbocycles. The van der Waals surface area contributed by atoms with Gasteiger partial charge in [0.2, 0.25) is 5.91 Å². The maximum absolute atomic E-state index is 13.9. The lowest BCUT2D eigenvalue weighted by Crippen LogP contribution is -2.43. The van der Waals surface area contributed by atoms with Gasteiger partial charge in [-0.3, -0.25) is 14.4 Å². The summed E-state index contributed by atoms with van der Waals surface area (Å²) in [6.07, 6.45) is 0.789. The van der Waals surface area contributed by atoms with Crippen LogP contribution in [0.25, 0.3) is 0 Å². The van der Waals surface area contributed by atoms with Crippen LogP contribution in [0, 0.1) is 5.92 Å². The molecule has 5 N–H and O–H groups in total. The number of methoxy groups -OCH3 is 1. The highest BCUT2D eigenvalue weighted by atomic mass is 32.1. The number of amides is 3. The summed E-state index contributed by atoms with van der Waals surface area (Å²) in [5.41, 5.74) is 12.6. The molecule has 0 spiro atoms. The minimum absolute atomic E-state index is 0.0493. The Bertz CT molecular complexity index is 1190. The molecule has 3 amide bonds. The number of aromatic nitrogens is 1. The molecule has 0 radical (unpaired) electrons. The van der Waals surface area contributed by atoms with Crippen molar-refractivity contribution in [2.24, 2.45) is 11.7 Å². The van der Waals surface area contributed by atoms with Crippen molar-refractivity contribution in [1.29, 1.82) is 0 Å². The molecule has 3 aromatic rings. The average molecular weight is 510 g/mol. The molecule has 0 aliphatic rings. The Balaban J connectivity index is 2.08. The van der Waals surface area contributed by atoms with Gasteiger partial charge in [-0.25, -0.2) is 0 Å². The third-order valence-corrected chi connectivity index (χ3v) is 6.48. The van der Waals surface area contributed by atoms with E-state index in [9.17, 15) is 14.4 Å². The quantitative estimate of drug-likeness (QED) is 0.362. The van der Waals surface area contributed by atoms with E-state index in [0.29, 0.717) is 23.8 Å². The summed E-state index contributed by atoms with van der Waals surface area (Å²) in [4.78, 5) is 40.7. The van der Waals surface area contributed by atoms with Crippen LogP contribution in [0.1, 0.15) is 57.6 Å². The molecule has 0 saturated heterocycles. The Hall–Kier alpha value is -3.92. The molecule has 36 heavy (non-hydrogen) atoms.